The summed E-state index contributed by atoms with van der Waals surface area (Å²) in [6.45, 7) is 1.14. The minimum absolute atomic E-state index is 0.0372. The summed E-state index contributed by atoms with van der Waals surface area (Å²) in [6.07, 6.45) is 8.24. The Morgan fingerprint density at radius 3 is 1.31 bits per heavy atom. The number of carbonyl (C=O) groups is 2. The van der Waals surface area contributed by atoms with Crippen molar-refractivity contribution in [1.82, 2.24) is 9.80 Å². The lowest BCUT2D eigenvalue weighted by molar-refractivity contribution is 0.103. The first kappa shape index (κ1) is 24.7. The monoisotopic (exact) mass is 436 g/mol. The van der Waals surface area contributed by atoms with Gasteiger partial charge in [0.25, 0.3) is 0 Å². The summed E-state index contributed by atoms with van der Waals surface area (Å²) in [5.41, 5.74) is 1.26. The summed E-state index contributed by atoms with van der Waals surface area (Å²) < 4.78 is 11.5. The van der Waals surface area contributed by atoms with E-state index in [2.05, 4.69) is 0 Å². The Bertz CT molecular complexity index is 836. The molecule has 0 radical (unpaired) electrons. The lowest BCUT2D eigenvalue weighted by Crippen LogP contribution is -2.04. The maximum atomic E-state index is 12.0. The molecule has 170 valence electrons. The molecule has 0 amide bonds. The number of hydrogen-bond donors (Lipinski definition) is 0. The third kappa shape index (κ3) is 9.08. The van der Waals surface area contributed by atoms with Crippen molar-refractivity contribution in [2.24, 2.45) is 0 Å². The van der Waals surface area contributed by atoms with Crippen LogP contribution >= 0.6 is 0 Å². The molecule has 0 N–H and O–H groups in total. The van der Waals surface area contributed by atoms with Crippen LogP contribution in [0.4, 0.5) is 0 Å². The molecule has 0 aliphatic carbocycles. The van der Waals surface area contributed by atoms with Gasteiger partial charge in [-0.25, -0.2) is 0 Å². The molecule has 6 nitrogen and oxygen atoms in total. The quantitative estimate of drug-likeness (QED) is 0.263. The van der Waals surface area contributed by atoms with Gasteiger partial charge in [0.15, 0.2) is 11.6 Å². The van der Waals surface area contributed by atoms with Crippen LogP contribution in [-0.2, 0) is 0 Å². The van der Waals surface area contributed by atoms with Crippen molar-refractivity contribution < 1.29 is 19.1 Å². The predicted molar refractivity (Wildman–Crippen MR) is 127 cm³/mol. The molecule has 0 saturated heterocycles. The van der Waals surface area contributed by atoms with E-state index in [0.29, 0.717) is 24.3 Å². The van der Waals surface area contributed by atoms with Gasteiger partial charge in [0, 0.05) is 63.9 Å². The van der Waals surface area contributed by atoms with E-state index in [1.165, 1.54) is 0 Å². The fraction of sp³-hybridized carbons (Fsp3) is 0.308. The normalized spacial score (nSPS) is 11.0. The third-order valence-corrected chi connectivity index (χ3v) is 4.40. The minimum atomic E-state index is -0.0372. The smallest absolute Gasteiger partial charge is 0.187 e. The number of ketones is 2. The van der Waals surface area contributed by atoms with E-state index >= 15 is 0 Å². The van der Waals surface area contributed by atoms with Crippen molar-refractivity contribution in [3.63, 3.8) is 0 Å². The number of nitrogens with zero attached hydrogens (tertiary/aromatic N) is 2. The highest BCUT2D eigenvalue weighted by molar-refractivity contribution is 6.04. The van der Waals surface area contributed by atoms with Crippen LogP contribution in [0.1, 0.15) is 33.6 Å². The maximum absolute atomic E-state index is 12.0. The lowest BCUT2D eigenvalue weighted by atomic mass is 10.1. The first-order valence-electron chi connectivity index (χ1n) is 10.6. The SMILES string of the molecule is CN(C)/C=C/C(=O)c1ccc(OCCCCOc2ccc(C(=O)/C=C/N(C)C)cc2)cc1. The average Bonchev–Trinajstić information content (AvgIpc) is 2.78. The van der Waals surface area contributed by atoms with Crippen LogP contribution in [0.25, 0.3) is 0 Å². The van der Waals surface area contributed by atoms with Crippen molar-refractivity contribution in [1.29, 1.82) is 0 Å². The fourth-order valence-corrected chi connectivity index (χ4v) is 2.64. The highest BCUT2D eigenvalue weighted by atomic mass is 16.5. The zero-order valence-electron chi connectivity index (χ0n) is 19.3. The molecule has 0 aliphatic heterocycles. The number of carbonyl (C=O) groups excluding carboxylic acids is 2. The molecule has 0 heterocycles. The van der Waals surface area contributed by atoms with E-state index in [0.717, 1.165) is 24.3 Å². The number of benzene rings is 2. The zero-order chi connectivity index (χ0) is 23.3. The van der Waals surface area contributed by atoms with Crippen LogP contribution in [-0.4, -0.2) is 62.8 Å². The third-order valence-electron chi connectivity index (χ3n) is 4.40. The molecule has 32 heavy (non-hydrogen) atoms. The van der Waals surface area contributed by atoms with E-state index in [1.54, 1.807) is 48.8 Å². The van der Waals surface area contributed by atoms with Crippen LogP contribution in [0.15, 0.2) is 73.1 Å². The summed E-state index contributed by atoms with van der Waals surface area (Å²) in [5, 5.41) is 0. The summed E-state index contributed by atoms with van der Waals surface area (Å²) in [7, 11) is 7.48. The lowest BCUT2D eigenvalue weighted by Gasteiger charge is -2.09. The summed E-state index contributed by atoms with van der Waals surface area (Å²) >= 11 is 0. The molecule has 0 bridgehead atoms. The molecule has 0 spiro atoms. The average molecular weight is 437 g/mol. The molecule has 0 aliphatic rings. The van der Waals surface area contributed by atoms with Crippen LogP contribution in [0.2, 0.25) is 0 Å². The first-order valence-corrected chi connectivity index (χ1v) is 10.6. The van der Waals surface area contributed by atoms with Crippen molar-refractivity contribution in [3.8, 4) is 11.5 Å². The summed E-state index contributed by atoms with van der Waals surface area (Å²) in [4.78, 5) is 27.7. The number of ether oxygens (including phenoxy) is 2. The summed E-state index contributed by atoms with van der Waals surface area (Å²) in [5.74, 6) is 1.40. The number of unbranched alkanes of at least 4 members (excludes halogenated alkanes) is 1. The Labute approximate surface area is 190 Å². The Morgan fingerprint density at radius 1 is 0.656 bits per heavy atom. The second kappa shape index (κ2) is 13.0. The highest BCUT2D eigenvalue weighted by Crippen LogP contribution is 2.15. The number of hydrogen-bond acceptors (Lipinski definition) is 6. The van der Waals surface area contributed by atoms with Crippen molar-refractivity contribution in [3.05, 3.63) is 84.2 Å². The van der Waals surface area contributed by atoms with Crippen LogP contribution < -0.4 is 9.47 Å². The molecular formula is C26H32N2O4. The van der Waals surface area contributed by atoms with Gasteiger partial charge in [-0.1, -0.05) is 0 Å². The van der Waals surface area contributed by atoms with E-state index in [-0.39, 0.29) is 11.6 Å². The minimum Gasteiger partial charge on any atom is -0.494 e. The molecule has 2 aromatic carbocycles. The molecule has 2 aromatic rings. The van der Waals surface area contributed by atoms with Crippen LogP contribution in [0.3, 0.4) is 0 Å². The Kier molecular flexibility index (Phi) is 10.0. The zero-order valence-corrected chi connectivity index (χ0v) is 19.3. The molecule has 0 aromatic heterocycles. The molecular weight excluding hydrogens is 404 g/mol. The van der Waals surface area contributed by atoms with Gasteiger partial charge < -0.3 is 19.3 Å². The number of rotatable bonds is 13. The Morgan fingerprint density at radius 2 is 1.00 bits per heavy atom. The van der Waals surface area contributed by atoms with Crippen LogP contribution in [0.5, 0.6) is 11.5 Å². The van der Waals surface area contributed by atoms with E-state index in [1.807, 2.05) is 62.3 Å². The van der Waals surface area contributed by atoms with Gasteiger partial charge in [-0.2, -0.15) is 0 Å². The summed E-state index contributed by atoms with van der Waals surface area (Å²) in [6, 6.07) is 14.3. The fourth-order valence-electron chi connectivity index (χ4n) is 2.64. The van der Waals surface area contributed by atoms with E-state index < -0.39 is 0 Å². The second-order valence-corrected chi connectivity index (χ2v) is 7.74. The largest absolute Gasteiger partial charge is 0.494 e. The van der Waals surface area contributed by atoms with Gasteiger partial charge in [0.2, 0.25) is 0 Å². The number of allylic oxidation sites excluding steroid dienone is 2. The first-order chi connectivity index (χ1) is 15.3. The van der Waals surface area contributed by atoms with Crippen molar-refractivity contribution in [2.75, 3.05) is 41.4 Å². The molecule has 0 unspecified atom stereocenters. The molecule has 0 atom stereocenters. The van der Waals surface area contributed by atoms with Crippen molar-refractivity contribution >= 4 is 11.6 Å². The highest BCUT2D eigenvalue weighted by Gasteiger charge is 2.04. The van der Waals surface area contributed by atoms with Gasteiger partial charge in [0.05, 0.1) is 13.2 Å². The van der Waals surface area contributed by atoms with Crippen LogP contribution in [0, 0.1) is 0 Å². The van der Waals surface area contributed by atoms with Gasteiger partial charge >= 0.3 is 0 Å². The van der Waals surface area contributed by atoms with E-state index in [4.69, 9.17) is 9.47 Å². The van der Waals surface area contributed by atoms with Gasteiger partial charge in [0.1, 0.15) is 11.5 Å². The molecule has 2 rings (SSSR count). The predicted octanol–water partition coefficient (Wildman–Crippen LogP) is 4.44. The van der Waals surface area contributed by atoms with Gasteiger partial charge in [-0.3, -0.25) is 9.59 Å². The molecule has 6 heteroatoms. The van der Waals surface area contributed by atoms with E-state index in [9.17, 15) is 9.59 Å². The molecule has 0 fully saturated rings. The topological polar surface area (TPSA) is 59.1 Å². The molecule has 0 saturated carbocycles. The maximum Gasteiger partial charge on any atom is 0.187 e. The van der Waals surface area contributed by atoms with Gasteiger partial charge in [-0.05, 0) is 61.4 Å². The Hall–Kier alpha value is -3.54. The Balaban J connectivity index is 1.66. The van der Waals surface area contributed by atoms with Crippen molar-refractivity contribution in [2.45, 2.75) is 12.8 Å². The second-order valence-electron chi connectivity index (χ2n) is 7.74. The standard InChI is InChI=1S/C26H32N2O4/c1-27(2)17-15-25(29)21-7-11-23(12-8-21)31-19-5-6-20-32-24-13-9-22(10-14-24)26(30)16-18-28(3)4/h7-18H,5-6,19-20H2,1-4H3/b17-15+,18-16+. The van der Waals surface area contributed by atoms with Gasteiger partial charge in [-0.15, -0.1) is 0 Å².